The average molecular weight is 362 g/mol. The summed E-state index contributed by atoms with van der Waals surface area (Å²) >= 11 is 4.12. The lowest BCUT2D eigenvalue weighted by atomic mass is 10.1. The van der Waals surface area contributed by atoms with Crippen LogP contribution in [0.1, 0.15) is 11.6 Å². The van der Waals surface area contributed by atoms with Gasteiger partial charge < -0.3 is 5.73 Å². The zero-order chi connectivity index (χ0) is 14.7. The highest BCUT2D eigenvalue weighted by Crippen LogP contribution is 2.30. The predicted molar refractivity (Wildman–Crippen MR) is 78.1 cm³/mol. The van der Waals surface area contributed by atoms with Crippen LogP contribution in [0.5, 0.6) is 0 Å². The van der Waals surface area contributed by atoms with Gasteiger partial charge in [-0.2, -0.15) is 0 Å². The summed E-state index contributed by atoms with van der Waals surface area (Å²) in [5.41, 5.74) is 5.63. The van der Waals surface area contributed by atoms with E-state index in [4.69, 9.17) is 5.73 Å². The molecule has 6 heteroatoms. The second kappa shape index (κ2) is 6.65. The molecule has 0 spiro atoms. The fraction of sp³-hybridized carbons (Fsp3) is 0.143. The molecule has 0 aliphatic carbocycles. The second-order valence-electron chi connectivity index (χ2n) is 4.10. The van der Waals surface area contributed by atoms with Crippen LogP contribution < -0.4 is 5.73 Å². The molecule has 0 saturated heterocycles. The largest absolute Gasteiger partial charge is 0.323 e. The summed E-state index contributed by atoms with van der Waals surface area (Å²) in [5.74, 6) is -1.62. The number of rotatable bonds is 4. The van der Waals surface area contributed by atoms with E-state index in [0.717, 1.165) is 17.8 Å². The van der Waals surface area contributed by atoms with E-state index in [2.05, 4.69) is 15.9 Å². The fourth-order valence-corrected chi connectivity index (χ4v) is 2.96. The van der Waals surface area contributed by atoms with Crippen LogP contribution in [0.25, 0.3) is 0 Å². The van der Waals surface area contributed by atoms with Gasteiger partial charge in [-0.1, -0.05) is 12.1 Å². The molecular formula is C14H11BrF3NS. The third-order valence-corrected chi connectivity index (χ3v) is 4.49. The van der Waals surface area contributed by atoms with E-state index >= 15 is 0 Å². The average Bonchev–Trinajstić information content (AvgIpc) is 2.42. The van der Waals surface area contributed by atoms with E-state index in [0.29, 0.717) is 4.90 Å². The van der Waals surface area contributed by atoms with Crippen molar-refractivity contribution in [2.75, 3.05) is 5.75 Å². The number of nitrogens with two attached hydrogens (primary N) is 1. The Morgan fingerprint density at radius 1 is 1.05 bits per heavy atom. The molecule has 1 unspecified atom stereocenters. The Morgan fingerprint density at radius 2 is 1.75 bits per heavy atom. The maximum Gasteiger partial charge on any atom is 0.145 e. The molecule has 0 saturated carbocycles. The second-order valence-corrected chi connectivity index (χ2v) is 6.02. The van der Waals surface area contributed by atoms with E-state index in [1.807, 2.05) is 0 Å². The first-order valence-corrected chi connectivity index (χ1v) is 7.55. The van der Waals surface area contributed by atoms with E-state index in [1.165, 1.54) is 12.1 Å². The van der Waals surface area contributed by atoms with Crippen LogP contribution in [-0.2, 0) is 0 Å². The van der Waals surface area contributed by atoms with Crippen molar-refractivity contribution < 1.29 is 13.2 Å². The van der Waals surface area contributed by atoms with Gasteiger partial charge in [0.15, 0.2) is 0 Å². The first-order valence-electron chi connectivity index (χ1n) is 5.77. The molecule has 2 aromatic carbocycles. The number of halogens is 4. The third kappa shape index (κ3) is 3.37. The summed E-state index contributed by atoms with van der Waals surface area (Å²) in [4.78, 5) is 0.402. The van der Waals surface area contributed by atoms with Crippen molar-refractivity contribution in [3.8, 4) is 0 Å². The van der Waals surface area contributed by atoms with Crippen molar-refractivity contribution in [3.63, 3.8) is 0 Å². The van der Waals surface area contributed by atoms with Crippen LogP contribution in [0.4, 0.5) is 13.2 Å². The van der Waals surface area contributed by atoms with Crippen LogP contribution in [0.3, 0.4) is 0 Å². The van der Waals surface area contributed by atoms with Gasteiger partial charge >= 0.3 is 0 Å². The molecule has 0 heterocycles. The Morgan fingerprint density at radius 3 is 2.45 bits per heavy atom. The van der Waals surface area contributed by atoms with Gasteiger partial charge in [-0.3, -0.25) is 0 Å². The zero-order valence-electron chi connectivity index (χ0n) is 10.2. The smallest absolute Gasteiger partial charge is 0.145 e. The van der Waals surface area contributed by atoms with E-state index in [-0.39, 0.29) is 21.6 Å². The molecular weight excluding hydrogens is 351 g/mol. The van der Waals surface area contributed by atoms with Crippen molar-refractivity contribution in [3.05, 3.63) is 63.9 Å². The molecule has 0 bridgehead atoms. The Bertz CT molecular complexity index is 621. The zero-order valence-corrected chi connectivity index (χ0v) is 12.6. The van der Waals surface area contributed by atoms with Gasteiger partial charge in [0, 0.05) is 22.3 Å². The lowest BCUT2D eigenvalue weighted by Gasteiger charge is -2.14. The van der Waals surface area contributed by atoms with Gasteiger partial charge in [0.2, 0.25) is 0 Å². The first kappa shape index (κ1) is 15.4. The summed E-state index contributed by atoms with van der Waals surface area (Å²) in [6, 6.07) is 7.76. The van der Waals surface area contributed by atoms with E-state index in [1.54, 1.807) is 18.2 Å². The number of hydrogen-bond acceptors (Lipinski definition) is 2. The molecule has 0 aliphatic heterocycles. The SMILES string of the molecule is NC(CSc1ccccc1F)c1c(F)ccc(Br)c1F. The van der Waals surface area contributed by atoms with Crippen LogP contribution in [0, 0.1) is 17.5 Å². The molecule has 1 nitrogen and oxygen atoms in total. The molecule has 2 aromatic rings. The highest BCUT2D eigenvalue weighted by molar-refractivity contribution is 9.10. The fourth-order valence-electron chi connectivity index (χ4n) is 1.71. The molecule has 2 rings (SSSR count). The normalized spacial score (nSPS) is 12.4. The molecule has 0 aliphatic rings. The van der Waals surface area contributed by atoms with Gasteiger partial charge in [0.1, 0.15) is 17.5 Å². The number of benzene rings is 2. The van der Waals surface area contributed by atoms with Gasteiger partial charge in [-0.05, 0) is 40.2 Å². The predicted octanol–water partition coefficient (Wildman–Crippen LogP) is 4.66. The standard InChI is InChI=1S/C14H11BrF3NS/c15-8-5-6-10(17)13(14(8)18)11(19)7-20-12-4-2-1-3-9(12)16/h1-6,11H,7,19H2. The van der Waals surface area contributed by atoms with Gasteiger partial charge in [0.25, 0.3) is 0 Å². The van der Waals surface area contributed by atoms with Crippen molar-refractivity contribution in [2.45, 2.75) is 10.9 Å². The molecule has 0 amide bonds. The summed E-state index contributed by atoms with van der Waals surface area (Å²) in [7, 11) is 0. The molecule has 0 radical (unpaired) electrons. The van der Waals surface area contributed by atoms with Crippen LogP contribution in [0.15, 0.2) is 45.8 Å². The Balaban J connectivity index is 2.15. The van der Waals surface area contributed by atoms with Gasteiger partial charge in [-0.25, -0.2) is 13.2 Å². The molecule has 0 fully saturated rings. The lowest BCUT2D eigenvalue weighted by molar-refractivity contribution is 0.534. The quantitative estimate of drug-likeness (QED) is 0.633. The van der Waals surface area contributed by atoms with E-state index in [9.17, 15) is 13.2 Å². The molecule has 106 valence electrons. The first-order chi connectivity index (χ1) is 9.50. The van der Waals surface area contributed by atoms with Crippen LogP contribution in [0.2, 0.25) is 0 Å². The van der Waals surface area contributed by atoms with Gasteiger partial charge in [0.05, 0.1) is 4.47 Å². The number of hydrogen-bond donors (Lipinski definition) is 1. The van der Waals surface area contributed by atoms with Crippen LogP contribution >= 0.6 is 27.7 Å². The third-order valence-electron chi connectivity index (χ3n) is 2.71. The maximum absolute atomic E-state index is 13.9. The summed E-state index contributed by atoms with van der Waals surface area (Å²) in [5, 5.41) is 0. The minimum atomic E-state index is -0.864. The monoisotopic (exact) mass is 361 g/mol. The Labute approximate surface area is 127 Å². The maximum atomic E-state index is 13.9. The highest BCUT2D eigenvalue weighted by Gasteiger charge is 2.19. The van der Waals surface area contributed by atoms with Crippen LogP contribution in [-0.4, -0.2) is 5.75 Å². The summed E-state index contributed by atoms with van der Waals surface area (Å²) in [6.07, 6.45) is 0. The molecule has 20 heavy (non-hydrogen) atoms. The number of thioether (sulfide) groups is 1. The van der Waals surface area contributed by atoms with Crippen molar-refractivity contribution >= 4 is 27.7 Å². The van der Waals surface area contributed by atoms with Crippen molar-refractivity contribution in [2.24, 2.45) is 5.73 Å². The minimum Gasteiger partial charge on any atom is -0.323 e. The topological polar surface area (TPSA) is 26.0 Å². The molecule has 0 aromatic heterocycles. The molecule has 1 atom stereocenters. The minimum absolute atomic E-state index is 0.153. The lowest BCUT2D eigenvalue weighted by Crippen LogP contribution is -2.17. The van der Waals surface area contributed by atoms with Crippen molar-refractivity contribution in [1.82, 2.24) is 0 Å². The Kier molecular flexibility index (Phi) is 5.12. The summed E-state index contributed by atoms with van der Waals surface area (Å²) in [6.45, 7) is 0. The van der Waals surface area contributed by atoms with Gasteiger partial charge in [-0.15, -0.1) is 11.8 Å². The van der Waals surface area contributed by atoms with Crippen molar-refractivity contribution in [1.29, 1.82) is 0 Å². The highest BCUT2D eigenvalue weighted by atomic mass is 79.9. The summed E-state index contributed by atoms with van der Waals surface area (Å²) < 4.78 is 41.1. The Hall–Kier alpha value is -0.980. The molecule has 2 N–H and O–H groups in total. The van der Waals surface area contributed by atoms with E-state index < -0.39 is 17.7 Å².